The van der Waals surface area contributed by atoms with E-state index in [9.17, 15) is 4.79 Å². The van der Waals surface area contributed by atoms with Gasteiger partial charge in [-0.1, -0.05) is 42.5 Å². The van der Waals surface area contributed by atoms with Crippen LogP contribution in [0.15, 0.2) is 54.6 Å². The molecular weight excluding hydrogens is 304 g/mol. The van der Waals surface area contributed by atoms with Crippen LogP contribution in [0.25, 0.3) is 0 Å². The normalized spacial score (nSPS) is 9.10. The van der Waals surface area contributed by atoms with Gasteiger partial charge in [0, 0.05) is 11.1 Å². The van der Waals surface area contributed by atoms with E-state index in [2.05, 4.69) is 12.6 Å². The fourth-order valence-electron chi connectivity index (χ4n) is 1.45. The maximum Gasteiger partial charge on any atom is 0.216 e. The quantitative estimate of drug-likeness (QED) is 0.690. The van der Waals surface area contributed by atoms with Crippen molar-refractivity contribution in [2.75, 3.05) is 14.2 Å². The number of ether oxygens (including phenoxy) is 2. The zero-order valence-corrected chi connectivity index (χ0v) is 13.5. The van der Waals surface area contributed by atoms with Gasteiger partial charge < -0.3 is 9.47 Å². The van der Waals surface area contributed by atoms with Gasteiger partial charge in [0.15, 0.2) is 5.05 Å². The fraction of sp³-hybridized carbons (Fsp3) is 0.125. The number of carbonyl (C=O) groups excluding carboxylic acids is 1. The molecule has 2 aromatic carbocycles. The van der Waals surface area contributed by atoms with Crippen molar-refractivity contribution < 1.29 is 14.3 Å². The molecule has 0 saturated carbocycles. The molecule has 0 atom stereocenters. The first-order valence-corrected chi connectivity index (χ1v) is 6.94. The molecule has 0 aliphatic heterocycles. The predicted octanol–water partition coefficient (Wildman–Crippen LogP) is 3.77. The van der Waals surface area contributed by atoms with Crippen molar-refractivity contribution in [3.63, 3.8) is 0 Å². The summed E-state index contributed by atoms with van der Waals surface area (Å²) in [5, 5.41) is 0.296. The number of methoxy groups -OCH3 is 2. The molecule has 0 radical (unpaired) electrons. The molecule has 3 nitrogen and oxygen atoms in total. The number of carbonyl (C=O) groups is 1. The highest BCUT2D eigenvalue weighted by Crippen LogP contribution is 2.13. The Hall–Kier alpha value is -1.85. The fourth-order valence-corrected chi connectivity index (χ4v) is 1.72. The summed E-state index contributed by atoms with van der Waals surface area (Å²) in [6, 6.07) is 16.4. The molecule has 0 spiro atoms. The van der Waals surface area contributed by atoms with Crippen LogP contribution < -0.4 is 4.74 Å². The first-order chi connectivity index (χ1) is 10.1. The van der Waals surface area contributed by atoms with Crippen molar-refractivity contribution in [2.24, 2.45) is 0 Å². The third-order valence-corrected chi connectivity index (χ3v) is 3.17. The highest BCUT2D eigenvalue weighted by molar-refractivity contribution is 7.97. The average Bonchev–Trinajstić information content (AvgIpc) is 2.55. The molecule has 21 heavy (non-hydrogen) atoms. The smallest absolute Gasteiger partial charge is 0.216 e. The number of benzene rings is 2. The van der Waals surface area contributed by atoms with Crippen LogP contribution in [-0.2, 0) is 4.74 Å². The van der Waals surface area contributed by atoms with E-state index in [-0.39, 0.29) is 5.12 Å². The lowest BCUT2D eigenvalue weighted by atomic mass is 10.2. The monoisotopic (exact) mass is 320 g/mol. The van der Waals surface area contributed by atoms with Crippen LogP contribution in [0.3, 0.4) is 0 Å². The topological polar surface area (TPSA) is 35.5 Å². The molecule has 2 aromatic rings. The van der Waals surface area contributed by atoms with Crippen molar-refractivity contribution in [2.45, 2.75) is 0 Å². The largest absolute Gasteiger partial charge is 0.497 e. The van der Waals surface area contributed by atoms with E-state index in [1.807, 2.05) is 42.5 Å². The number of thiol groups is 1. The third kappa shape index (κ3) is 5.97. The van der Waals surface area contributed by atoms with E-state index in [1.54, 1.807) is 26.4 Å². The van der Waals surface area contributed by atoms with Gasteiger partial charge in [-0.25, -0.2) is 0 Å². The summed E-state index contributed by atoms with van der Waals surface area (Å²) in [6.07, 6.45) is 0. The van der Waals surface area contributed by atoms with Crippen molar-refractivity contribution in [1.29, 1.82) is 0 Å². The van der Waals surface area contributed by atoms with Crippen LogP contribution in [-0.4, -0.2) is 24.4 Å². The molecular formula is C16H16O3S2. The Morgan fingerprint density at radius 2 is 1.62 bits per heavy atom. The van der Waals surface area contributed by atoms with Crippen molar-refractivity contribution >= 4 is 35.0 Å². The molecule has 0 amide bonds. The molecule has 2 rings (SSSR count). The maximum atomic E-state index is 10.5. The lowest BCUT2D eigenvalue weighted by Gasteiger charge is -2.03. The number of thiocarbonyl (C=S) groups is 1. The highest BCUT2D eigenvalue weighted by Gasteiger charge is 2.00. The first-order valence-electron chi connectivity index (χ1n) is 6.09. The second-order valence-corrected chi connectivity index (χ2v) is 4.67. The van der Waals surface area contributed by atoms with Crippen molar-refractivity contribution in [3.05, 3.63) is 65.7 Å². The van der Waals surface area contributed by atoms with Crippen molar-refractivity contribution in [1.82, 2.24) is 0 Å². The van der Waals surface area contributed by atoms with Gasteiger partial charge in [0.1, 0.15) is 5.75 Å². The van der Waals surface area contributed by atoms with Crippen LogP contribution in [0, 0.1) is 0 Å². The van der Waals surface area contributed by atoms with Gasteiger partial charge >= 0.3 is 0 Å². The molecule has 0 aliphatic carbocycles. The van der Waals surface area contributed by atoms with E-state index in [4.69, 9.17) is 21.7 Å². The Morgan fingerprint density at radius 1 is 1.00 bits per heavy atom. The van der Waals surface area contributed by atoms with Crippen LogP contribution in [0.1, 0.15) is 15.9 Å². The van der Waals surface area contributed by atoms with Gasteiger partial charge in [-0.3, -0.25) is 4.79 Å². The summed E-state index contributed by atoms with van der Waals surface area (Å²) in [5.74, 6) is 0.784. The highest BCUT2D eigenvalue weighted by atomic mass is 32.1. The zero-order valence-electron chi connectivity index (χ0n) is 11.8. The first kappa shape index (κ1) is 17.2. The summed E-state index contributed by atoms with van der Waals surface area (Å²) in [6.45, 7) is 0. The molecule has 0 bridgehead atoms. The molecule has 0 aromatic heterocycles. The molecule has 0 N–H and O–H groups in total. The van der Waals surface area contributed by atoms with Gasteiger partial charge in [0.05, 0.1) is 14.2 Å². The zero-order chi connectivity index (χ0) is 15.7. The Labute approximate surface area is 135 Å². The summed E-state index contributed by atoms with van der Waals surface area (Å²) >= 11 is 8.60. The predicted molar refractivity (Wildman–Crippen MR) is 91.5 cm³/mol. The minimum atomic E-state index is -0.185. The minimum absolute atomic E-state index is 0.185. The minimum Gasteiger partial charge on any atom is -0.497 e. The second kappa shape index (κ2) is 9.15. The van der Waals surface area contributed by atoms with E-state index in [0.717, 1.165) is 11.3 Å². The molecule has 0 unspecified atom stereocenters. The Kier molecular flexibility index (Phi) is 7.50. The van der Waals surface area contributed by atoms with E-state index < -0.39 is 0 Å². The summed E-state index contributed by atoms with van der Waals surface area (Å²) in [4.78, 5) is 10.5. The van der Waals surface area contributed by atoms with Crippen LogP contribution in [0.4, 0.5) is 0 Å². The van der Waals surface area contributed by atoms with Gasteiger partial charge in [-0.15, -0.1) is 12.6 Å². The molecule has 0 saturated heterocycles. The van der Waals surface area contributed by atoms with Gasteiger partial charge in [-0.05, 0) is 24.4 Å². The summed E-state index contributed by atoms with van der Waals surface area (Å²) in [5.41, 5.74) is 1.51. The van der Waals surface area contributed by atoms with Crippen molar-refractivity contribution in [3.8, 4) is 5.75 Å². The Balaban J connectivity index is 0.000000219. The van der Waals surface area contributed by atoms with E-state index >= 15 is 0 Å². The number of hydrogen-bond donors (Lipinski definition) is 1. The molecule has 5 heteroatoms. The molecule has 0 heterocycles. The summed E-state index contributed by atoms with van der Waals surface area (Å²) in [7, 11) is 3.18. The lowest BCUT2D eigenvalue weighted by molar-refractivity contribution is 0.109. The maximum absolute atomic E-state index is 10.5. The van der Waals surface area contributed by atoms with Gasteiger partial charge in [0.25, 0.3) is 0 Å². The summed E-state index contributed by atoms with van der Waals surface area (Å²) < 4.78 is 9.95. The number of hydrogen-bond acceptors (Lipinski definition) is 4. The van der Waals surface area contributed by atoms with Gasteiger partial charge in [-0.2, -0.15) is 0 Å². The molecule has 110 valence electrons. The van der Waals surface area contributed by atoms with E-state index in [0.29, 0.717) is 10.6 Å². The third-order valence-electron chi connectivity index (χ3n) is 2.51. The average molecular weight is 320 g/mol. The van der Waals surface area contributed by atoms with Gasteiger partial charge in [0.2, 0.25) is 5.12 Å². The Morgan fingerprint density at radius 3 is 2.10 bits per heavy atom. The molecule has 0 aliphatic rings. The van der Waals surface area contributed by atoms with Crippen LogP contribution >= 0.6 is 24.8 Å². The lowest BCUT2D eigenvalue weighted by Crippen LogP contribution is -1.99. The second-order valence-electron chi connectivity index (χ2n) is 3.89. The molecule has 0 fully saturated rings. The number of rotatable bonds is 3. The van der Waals surface area contributed by atoms with Crippen LogP contribution in [0.2, 0.25) is 0 Å². The standard InChI is InChI=1S/C9H10O2S.C7H6OS/c1-10-8-5-3-4-7(6-8)9(12)11-2;8-7(9)6-4-2-1-3-5-6/h3-6H,1-2H3;1-5H,(H,8,9). The Bertz CT molecular complexity index is 597. The van der Waals surface area contributed by atoms with Crippen LogP contribution in [0.5, 0.6) is 5.75 Å². The van der Waals surface area contributed by atoms with E-state index in [1.165, 1.54) is 0 Å². The SMILES string of the molecule is COC(=S)c1cccc(OC)c1.O=C(S)c1ccccc1.